The van der Waals surface area contributed by atoms with E-state index in [1.54, 1.807) is 20.8 Å². The van der Waals surface area contributed by atoms with E-state index in [2.05, 4.69) is 15.6 Å². The van der Waals surface area contributed by atoms with E-state index in [0.717, 1.165) is 39.5 Å². The van der Waals surface area contributed by atoms with Crippen molar-refractivity contribution in [2.45, 2.75) is 97.2 Å². The van der Waals surface area contributed by atoms with Crippen LogP contribution in [-0.4, -0.2) is 101 Å². The number of ether oxygens (including phenoxy) is 7. The predicted molar refractivity (Wildman–Crippen MR) is 136 cm³/mol. The van der Waals surface area contributed by atoms with Crippen molar-refractivity contribution < 1.29 is 61.9 Å². The quantitative estimate of drug-likeness (QED) is 0.280. The van der Waals surface area contributed by atoms with Crippen LogP contribution in [0.25, 0.3) is 0 Å². The highest BCUT2D eigenvalue weighted by Crippen LogP contribution is 2.34. The number of rotatable bonds is 10. The van der Waals surface area contributed by atoms with Crippen LogP contribution in [-0.2, 0) is 63.6 Å². The molecule has 1 N–H and O–H groups in total. The molecule has 17 heteroatoms. The fourth-order valence-corrected chi connectivity index (χ4v) is 3.94. The summed E-state index contributed by atoms with van der Waals surface area (Å²) in [6.07, 6.45) is -6.48. The number of nitrogens with one attached hydrogen (secondary N) is 1. The van der Waals surface area contributed by atoms with Gasteiger partial charge < -0.3 is 38.5 Å². The highest BCUT2D eigenvalue weighted by molar-refractivity contribution is 5.81. The summed E-state index contributed by atoms with van der Waals surface area (Å²) in [5, 5.41) is 10.4. The summed E-state index contributed by atoms with van der Waals surface area (Å²) < 4.78 is 38.4. The maximum Gasteiger partial charge on any atom is 0.408 e. The number of esters is 5. The third-order valence-electron chi connectivity index (χ3n) is 5.37. The van der Waals surface area contributed by atoms with E-state index in [1.165, 1.54) is 6.20 Å². The van der Waals surface area contributed by atoms with E-state index in [9.17, 15) is 28.8 Å². The first-order valence-corrected chi connectivity index (χ1v) is 12.8. The second-order valence-corrected chi connectivity index (χ2v) is 10.2. The van der Waals surface area contributed by atoms with Crippen LogP contribution in [0.5, 0.6) is 0 Å². The Morgan fingerprint density at radius 1 is 0.929 bits per heavy atom. The molecule has 0 bridgehead atoms. The molecule has 1 aromatic rings. The standard InChI is InChI=1S/C25H36N4O13/c1-12(30)37-11-18-19(38-13(2)31)20(39-14(3)32)21(40-15(4)33)22(41-18)29-10-16(27-28-29)9-17(23(34)36-8)26-24(35)42-25(5,6)7/h10,17-22H,9,11H2,1-8H3,(H,26,35)/t17-,18-,19-,20+,21-,22-/m1/s1. The number of methoxy groups -OCH3 is 1. The van der Waals surface area contributed by atoms with Crippen LogP contribution in [0.2, 0.25) is 0 Å². The summed E-state index contributed by atoms with van der Waals surface area (Å²) in [4.78, 5) is 72.2. The van der Waals surface area contributed by atoms with Crippen molar-refractivity contribution in [1.82, 2.24) is 20.3 Å². The van der Waals surface area contributed by atoms with Gasteiger partial charge in [0.05, 0.1) is 19.0 Å². The molecule has 1 aliphatic heterocycles. The predicted octanol–water partition coefficient (Wildman–Crippen LogP) is 0.143. The van der Waals surface area contributed by atoms with Crippen LogP contribution >= 0.6 is 0 Å². The van der Waals surface area contributed by atoms with E-state index < -0.39 is 84.8 Å². The van der Waals surface area contributed by atoms with Crippen molar-refractivity contribution in [2.24, 2.45) is 0 Å². The average molecular weight is 601 g/mol. The lowest BCUT2D eigenvalue weighted by atomic mass is 9.97. The van der Waals surface area contributed by atoms with Crippen LogP contribution in [0.3, 0.4) is 0 Å². The Labute approximate surface area is 241 Å². The van der Waals surface area contributed by atoms with E-state index in [-0.39, 0.29) is 12.1 Å². The Morgan fingerprint density at radius 2 is 1.50 bits per heavy atom. The molecule has 2 rings (SSSR count). The number of alkyl carbamates (subject to hydrolysis) is 1. The first-order chi connectivity index (χ1) is 19.5. The molecule has 0 spiro atoms. The van der Waals surface area contributed by atoms with Gasteiger partial charge in [-0.2, -0.15) is 0 Å². The van der Waals surface area contributed by atoms with Crippen molar-refractivity contribution >= 4 is 35.9 Å². The number of hydrogen-bond acceptors (Lipinski definition) is 15. The summed E-state index contributed by atoms with van der Waals surface area (Å²) in [6.45, 7) is 8.98. The summed E-state index contributed by atoms with van der Waals surface area (Å²) in [5.41, 5.74) is -0.669. The van der Waals surface area contributed by atoms with Crippen molar-refractivity contribution in [3.63, 3.8) is 0 Å². The van der Waals surface area contributed by atoms with Crippen molar-refractivity contribution in [2.75, 3.05) is 13.7 Å². The molecule has 2 heterocycles. The van der Waals surface area contributed by atoms with E-state index in [1.807, 2.05) is 0 Å². The number of amides is 1. The molecule has 6 atom stereocenters. The molecular formula is C25H36N4O13. The highest BCUT2D eigenvalue weighted by Gasteiger charge is 2.53. The fraction of sp³-hybridized carbons (Fsp3) is 0.680. The zero-order chi connectivity index (χ0) is 31.8. The zero-order valence-corrected chi connectivity index (χ0v) is 24.6. The van der Waals surface area contributed by atoms with Gasteiger partial charge in [-0.1, -0.05) is 5.21 Å². The van der Waals surface area contributed by atoms with Crippen LogP contribution in [0.4, 0.5) is 4.79 Å². The maximum absolute atomic E-state index is 12.4. The molecule has 1 aliphatic rings. The van der Waals surface area contributed by atoms with Gasteiger partial charge in [0.1, 0.15) is 24.4 Å². The Morgan fingerprint density at radius 3 is 2.02 bits per heavy atom. The smallest absolute Gasteiger partial charge is 0.408 e. The van der Waals surface area contributed by atoms with Gasteiger partial charge in [0.25, 0.3) is 0 Å². The lowest BCUT2D eigenvalue weighted by Gasteiger charge is -2.44. The van der Waals surface area contributed by atoms with Crippen LogP contribution in [0.1, 0.15) is 60.4 Å². The van der Waals surface area contributed by atoms with Crippen LogP contribution in [0.15, 0.2) is 6.20 Å². The largest absolute Gasteiger partial charge is 0.467 e. The molecule has 0 aliphatic carbocycles. The molecule has 0 aromatic carbocycles. The zero-order valence-electron chi connectivity index (χ0n) is 24.6. The Kier molecular flexibility index (Phi) is 11.8. The van der Waals surface area contributed by atoms with Crippen molar-refractivity contribution in [1.29, 1.82) is 0 Å². The highest BCUT2D eigenvalue weighted by atomic mass is 16.7. The minimum Gasteiger partial charge on any atom is -0.467 e. The third-order valence-corrected chi connectivity index (χ3v) is 5.37. The Hall–Kier alpha value is -4.28. The third kappa shape index (κ3) is 10.3. The number of hydrogen-bond donors (Lipinski definition) is 1. The monoisotopic (exact) mass is 600 g/mol. The molecule has 0 unspecified atom stereocenters. The second kappa shape index (κ2) is 14.6. The van der Waals surface area contributed by atoms with Gasteiger partial charge in [0.2, 0.25) is 0 Å². The normalized spacial score (nSPS) is 22.6. The van der Waals surface area contributed by atoms with Crippen LogP contribution in [0, 0.1) is 0 Å². The van der Waals surface area contributed by atoms with Crippen LogP contribution < -0.4 is 5.32 Å². The molecule has 1 aromatic heterocycles. The molecule has 1 amide bonds. The Balaban J connectivity index is 2.46. The molecular weight excluding hydrogens is 564 g/mol. The second-order valence-electron chi connectivity index (χ2n) is 10.2. The van der Waals surface area contributed by atoms with E-state index >= 15 is 0 Å². The summed E-state index contributed by atoms with van der Waals surface area (Å²) in [5.74, 6) is -3.82. The molecule has 0 saturated carbocycles. The molecule has 1 saturated heterocycles. The molecule has 1 fully saturated rings. The molecule has 0 radical (unpaired) electrons. The van der Waals surface area contributed by atoms with Gasteiger partial charge in [0.15, 0.2) is 24.5 Å². The summed E-state index contributed by atoms with van der Waals surface area (Å²) in [7, 11) is 1.14. The topological polar surface area (TPSA) is 210 Å². The SMILES string of the molecule is COC(=O)[C@@H](Cc1cn([C@@H]2O[C@H](COC(C)=O)[C@@H](OC(C)=O)[C@H](OC(C)=O)[C@H]2OC(C)=O)nn1)NC(=O)OC(C)(C)C. The average Bonchev–Trinajstić information content (AvgIpc) is 3.30. The number of nitrogens with zero attached hydrogens (tertiary/aromatic N) is 3. The molecule has 234 valence electrons. The lowest BCUT2D eigenvalue weighted by Crippen LogP contribution is -2.60. The lowest BCUT2D eigenvalue weighted by molar-refractivity contribution is -0.270. The van der Waals surface area contributed by atoms with Gasteiger partial charge in [-0.05, 0) is 20.8 Å². The minimum atomic E-state index is -1.42. The number of aromatic nitrogens is 3. The summed E-state index contributed by atoms with van der Waals surface area (Å²) in [6, 6.07) is -1.22. The first-order valence-electron chi connectivity index (χ1n) is 12.8. The van der Waals surface area contributed by atoms with Gasteiger partial charge >= 0.3 is 35.9 Å². The molecule has 42 heavy (non-hydrogen) atoms. The fourth-order valence-electron chi connectivity index (χ4n) is 3.94. The number of carbonyl (C=O) groups excluding carboxylic acids is 6. The van der Waals surface area contributed by atoms with Gasteiger partial charge in [0, 0.05) is 34.1 Å². The van der Waals surface area contributed by atoms with E-state index in [0.29, 0.717) is 0 Å². The molecule has 17 nitrogen and oxygen atoms in total. The van der Waals surface area contributed by atoms with Gasteiger partial charge in [-0.25, -0.2) is 14.3 Å². The number of carbonyl (C=O) groups is 6. The maximum atomic E-state index is 12.4. The summed E-state index contributed by atoms with van der Waals surface area (Å²) >= 11 is 0. The first kappa shape index (κ1) is 33.9. The van der Waals surface area contributed by atoms with Gasteiger partial charge in [-0.3, -0.25) is 19.2 Å². The van der Waals surface area contributed by atoms with E-state index in [4.69, 9.17) is 33.2 Å². The van der Waals surface area contributed by atoms with Crippen molar-refractivity contribution in [3.8, 4) is 0 Å². The van der Waals surface area contributed by atoms with Gasteiger partial charge in [-0.15, -0.1) is 5.10 Å². The Bertz CT molecular complexity index is 1160. The van der Waals surface area contributed by atoms with Crippen molar-refractivity contribution in [3.05, 3.63) is 11.9 Å². The minimum absolute atomic E-state index is 0.161.